The molecule has 4 bridgehead atoms. The van der Waals surface area contributed by atoms with Gasteiger partial charge in [0.1, 0.15) is 6.04 Å². The number of carboxylic acids is 1. The minimum absolute atomic E-state index is 0.00655. The highest BCUT2D eigenvalue weighted by atomic mass is 16.4. The van der Waals surface area contributed by atoms with Crippen LogP contribution in [0.5, 0.6) is 0 Å². The van der Waals surface area contributed by atoms with E-state index in [0.717, 1.165) is 19.3 Å². The van der Waals surface area contributed by atoms with E-state index in [9.17, 15) is 9.59 Å². The van der Waals surface area contributed by atoms with Gasteiger partial charge in [-0.25, -0.2) is 4.79 Å². The van der Waals surface area contributed by atoms with E-state index >= 15 is 0 Å². The minimum atomic E-state index is -0.920. The van der Waals surface area contributed by atoms with Crippen LogP contribution < -0.4 is 5.32 Å². The average Bonchev–Trinajstić information content (AvgIpc) is 2.31. The number of carbonyl (C=O) groups is 2. The molecular weight excluding hydrogens is 254 g/mol. The summed E-state index contributed by atoms with van der Waals surface area (Å²) in [5.41, 5.74) is 0.0358. The molecule has 4 heteroatoms. The fraction of sp³-hybridized carbons (Fsp3) is 0.875. The van der Waals surface area contributed by atoms with E-state index in [1.165, 1.54) is 19.3 Å². The van der Waals surface area contributed by atoms with Crippen molar-refractivity contribution in [1.82, 2.24) is 5.32 Å². The predicted octanol–water partition coefficient (Wildman–Crippen LogP) is 2.57. The van der Waals surface area contributed by atoms with Crippen molar-refractivity contribution in [3.63, 3.8) is 0 Å². The average molecular weight is 279 g/mol. The van der Waals surface area contributed by atoms with Crippen LogP contribution in [0.15, 0.2) is 0 Å². The van der Waals surface area contributed by atoms with Gasteiger partial charge in [-0.2, -0.15) is 0 Å². The number of aliphatic carboxylic acids is 1. The van der Waals surface area contributed by atoms with Crippen molar-refractivity contribution in [3.05, 3.63) is 0 Å². The van der Waals surface area contributed by atoms with Crippen LogP contribution in [0.2, 0.25) is 0 Å². The van der Waals surface area contributed by atoms with Crippen LogP contribution in [0.25, 0.3) is 0 Å². The standard InChI is InChI=1S/C16H25NO3/c1-3-12(13(18)19)17-14(20)16-7-10-4-11(8-16)6-15(2,5-10)9-16/h10-12H,3-9H2,1-2H3,(H,17,20)(H,18,19)/t10?,11?,12-,15?,16?/m1/s1. The molecule has 3 atom stereocenters. The SMILES string of the molecule is CC[C@@H](NC(=O)C12CC3CC(CC(C)(C3)C1)C2)C(=O)O. The van der Waals surface area contributed by atoms with E-state index in [2.05, 4.69) is 12.2 Å². The Bertz CT molecular complexity index is 431. The van der Waals surface area contributed by atoms with Gasteiger partial charge < -0.3 is 10.4 Å². The molecule has 0 spiro atoms. The van der Waals surface area contributed by atoms with Crippen LogP contribution in [-0.4, -0.2) is 23.0 Å². The second kappa shape index (κ2) is 4.47. The molecule has 0 aromatic rings. The van der Waals surface area contributed by atoms with Crippen LogP contribution in [0.3, 0.4) is 0 Å². The van der Waals surface area contributed by atoms with Gasteiger partial charge >= 0.3 is 5.97 Å². The Morgan fingerprint density at radius 2 is 1.85 bits per heavy atom. The maximum Gasteiger partial charge on any atom is 0.326 e. The molecule has 4 aliphatic carbocycles. The Labute approximate surface area is 120 Å². The van der Waals surface area contributed by atoms with E-state index < -0.39 is 12.0 Å². The Kier molecular flexibility index (Phi) is 3.11. The van der Waals surface area contributed by atoms with Crippen molar-refractivity contribution in [2.75, 3.05) is 0 Å². The number of rotatable bonds is 4. The number of hydrogen-bond donors (Lipinski definition) is 2. The van der Waals surface area contributed by atoms with Crippen molar-refractivity contribution < 1.29 is 14.7 Å². The maximum atomic E-state index is 12.7. The van der Waals surface area contributed by atoms with E-state index in [1.54, 1.807) is 6.92 Å². The van der Waals surface area contributed by atoms with Gasteiger partial charge in [0.2, 0.25) is 5.91 Å². The quantitative estimate of drug-likeness (QED) is 0.831. The van der Waals surface area contributed by atoms with E-state index in [0.29, 0.717) is 23.7 Å². The zero-order chi connectivity index (χ0) is 14.5. The molecule has 4 rings (SSSR count). The first-order chi connectivity index (χ1) is 9.36. The Morgan fingerprint density at radius 1 is 1.25 bits per heavy atom. The van der Waals surface area contributed by atoms with Crippen LogP contribution in [-0.2, 0) is 9.59 Å². The molecule has 20 heavy (non-hydrogen) atoms. The number of nitrogens with one attached hydrogen (secondary N) is 1. The number of carbonyl (C=O) groups excluding carboxylic acids is 1. The molecule has 4 aliphatic rings. The monoisotopic (exact) mass is 279 g/mol. The van der Waals surface area contributed by atoms with Crippen molar-refractivity contribution in [3.8, 4) is 0 Å². The van der Waals surface area contributed by atoms with Gasteiger partial charge in [0.05, 0.1) is 5.41 Å². The normalized spacial score (nSPS) is 43.3. The van der Waals surface area contributed by atoms with Gasteiger partial charge in [0, 0.05) is 0 Å². The molecule has 0 radical (unpaired) electrons. The molecule has 2 N–H and O–H groups in total. The summed E-state index contributed by atoms with van der Waals surface area (Å²) in [6.07, 6.45) is 7.14. The second-order valence-electron chi connectivity index (χ2n) is 7.82. The van der Waals surface area contributed by atoms with Gasteiger partial charge in [-0.1, -0.05) is 13.8 Å². The highest BCUT2D eigenvalue weighted by Gasteiger charge is 2.59. The lowest BCUT2D eigenvalue weighted by molar-refractivity contribution is -0.158. The largest absolute Gasteiger partial charge is 0.480 e. The van der Waals surface area contributed by atoms with Crippen LogP contribution in [0, 0.1) is 22.7 Å². The lowest BCUT2D eigenvalue weighted by atomic mass is 9.44. The lowest BCUT2D eigenvalue weighted by Gasteiger charge is -2.60. The summed E-state index contributed by atoms with van der Waals surface area (Å²) >= 11 is 0. The summed E-state index contributed by atoms with van der Waals surface area (Å²) < 4.78 is 0. The molecule has 0 heterocycles. The zero-order valence-corrected chi connectivity index (χ0v) is 12.4. The number of carboxylic acid groups (broad SMARTS) is 1. The Morgan fingerprint density at radius 3 is 2.30 bits per heavy atom. The summed E-state index contributed by atoms with van der Waals surface area (Å²) in [5.74, 6) is 0.442. The minimum Gasteiger partial charge on any atom is -0.480 e. The summed E-state index contributed by atoms with van der Waals surface area (Å²) in [5, 5.41) is 11.9. The highest BCUT2D eigenvalue weighted by molar-refractivity contribution is 5.87. The molecule has 0 aliphatic heterocycles. The third-order valence-corrected chi connectivity index (χ3v) is 5.85. The fourth-order valence-corrected chi connectivity index (χ4v) is 5.64. The first kappa shape index (κ1) is 13.9. The third kappa shape index (κ3) is 2.13. The summed E-state index contributed by atoms with van der Waals surface area (Å²) in [6, 6.07) is -0.733. The van der Waals surface area contributed by atoms with Crippen molar-refractivity contribution in [2.24, 2.45) is 22.7 Å². The maximum absolute atomic E-state index is 12.7. The van der Waals surface area contributed by atoms with E-state index in [-0.39, 0.29) is 11.3 Å². The van der Waals surface area contributed by atoms with E-state index in [4.69, 9.17) is 5.11 Å². The highest BCUT2D eigenvalue weighted by Crippen LogP contribution is 2.65. The third-order valence-electron chi connectivity index (χ3n) is 5.85. The molecule has 4 nitrogen and oxygen atoms in total. The van der Waals surface area contributed by atoms with Gasteiger partial charge in [0.25, 0.3) is 0 Å². The molecular formula is C16H25NO3. The van der Waals surface area contributed by atoms with Crippen molar-refractivity contribution in [2.45, 2.75) is 64.8 Å². The molecule has 4 fully saturated rings. The predicted molar refractivity (Wildman–Crippen MR) is 75.1 cm³/mol. The van der Waals surface area contributed by atoms with Gasteiger partial charge in [-0.3, -0.25) is 4.79 Å². The number of hydrogen-bond acceptors (Lipinski definition) is 2. The fourth-order valence-electron chi connectivity index (χ4n) is 5.64. The molecule has 112 valence electrons. The summed E-state index contributed by atoms with van der Waals surface area (Å²) in [7, 11) is 0. The van der Waals surface area contributed by atoms with Crippen LogP contribution >= 0.6 is 0 Å². The Balaban J connectivity index is 1.79. The molecule has 0 aromatic carbocycles. The van der Waals surface area contributed by atoms with E-state index in [1.807, 2.05) is 0 Å². The molecule has 0 saturated heterocycles. The summed E-state index contributed by atoms with van der Waals surface area (Å²) in [6.45, 7) is 4.13. The smallest absolute Gasteiger partial charge is 0.326 e. The first-order valence-electron chi connectivity index (χ1n) is 7.90. The molecule has 4 saturated carbocycles. The number of amides is 1. The molecule has 2 unspecified atom stereocenters. The topological polar surface area (TPSA) is 66.4 Å². The first-order valence-corrected chi connectivity index (χ1v) is 7.90. The van der Waals surface area contributed by atoms with Gasteiger partial charge in [-0.05, 0) is 62.2 Å². The van der Waals surface area contributed by atoms with Gasteiger partial charge in [0.15, 0.2) is 0 Å². The molecule has 1 amide bonds. The lowest BCUT2D eigenvalue weighted by Crippen LogP contribution is -2.58. The Hall–Kier alpha value is -1.06. The summed E-state index contributed by atoms with van der Waals surface area (Å²) in [4.78, 5) is 23.9. The zero-order valence-electron chi connectivity index (χ0n) is 12.4. The van der Waals surface area contributed by atoms with Crippen LogP contribution in [0.4, 0.5) is 0 Å². The van der Waals surface area contributed by atoms with Crippen molar-refractivity contribution in [1.29, 1.82) is 0 Å². The second-order valence-corrected chi connectivity index (χ2v) is 7.82. The van der Waals surface area contributed by atoms with Gasteiger partial charge in [-0.15, -0.1) is 0 Å². The van der Waals surface area contributed by atoms with Crippen LogP contribution in [0.1, 0.15) is 58.8 Å². The molecule has 0 aromatic heterocycles. The van der Waals surface area contributed by atoms with Crippen molar-refractivity contribution >= 4 is 11.9 Å².